The van der Waals surface area contributed by atoms with Gasteiger partial charge in [-0.1, -0.05) is 12.1 Å². The highest BCUT2D eigenvalue weighted by Gasteiger charge is 2.06. The van der Waals surface area contributed by atoms with Gasteiger partial charge in [0.15, 0.2) is 0 Å². The van der Waals surface area contributed by atoms with Crippen molar-refractivity contribution < 1.29 is 4.74 Å². The zero-order valence-electron chi connectivity index (χ0n) is 9.56. The number of nitrogens with zero attached hydrogens (tertiary/aromatic N) is 2. The number of rotatable bonds is 4. The highest BCUT2D eigenvalue weighted by molar-refractivity contribution is 9.10. The number of aryl methyl sites for hydroxylation is 1. The van der Waals surface area contributed by atoms with Crippen LogP contribution >= 0.6 is 15.9 Å². The third-order valence-corrected chi connectivity index (χ3v) is 3.08. The molecule has 2 rings (SSSR count). The molecule has 0 atom stereocenters. The monoisotopic (exact) mass is 295 g/mol. The number of nitrogens with two attached hydrogens (primary N) is 1. The number of imidazole rings is 1. The van der Waals surface area contributed by atoms with Crippen molar-refractivity contribution in [3.8, 4) is 5.75 Å². The molecule has 1 heterocycles. The van der Waals surface area contributed by atoms with Crippen LogP contribution in [0.4, 0.5) is 0 Å². The predicted molar refractivity (Wildman–Crippen MR) is 69.6 cm³/mol. The van der Waals surface area contributed by atoms with Gasteiger partial charge in [-0.2, -0.15) is 0 Å². The van der Waals surface area contributed by atoms with Crippen molar-refractivity contribution in [2.45, 2.75) is 13.2 Å². The van der Waals surface area contributed by atoms with E-state index in [-0.39, 0.29) is 0 Å². The van der Waals surface area contributed by atoms with Gasteiger partial charge in [-0.05, 0) is 28.1 Å². The second kappa shape index (κ2) is 5.33. The highest BCUT2D eigenvalue weighted by Crippen LogP contribution is 2.24. The molecule has 17 heavy (non-hydrogen) atoms. The Morgan fingerprint density at radius 1 is 1.41 bits per heavy atom. The molecule has 0 aliphatic carbocycles. The molecule has 1 aromatic carbocycles. The van der Waals surface area contributed by atoms with Crippen LogP contribution in [0, 0.1) is 0 Å². The molecule has 0 unspecified atom stereocenters. The molecule has 0 bridgehead atoms. The summed E-state index contributed by atoms with van der Waals surface area (Å²) in [5, 5.41) is 0. The molecule has 4 nitrogen and oxygen atoms in total. The standard InChI is InChI=1S/C12H14BrN3O/c1-16-7-9(6-14)15-12(16)8-17-11-5-3-2-4-10(11)13/h2-5,7H,6,8,14H2,1H3. The van der Waals surface area contributed by atoms with Gasteiger partial charge in [-0.25, -0.2) is 4.98 Å². The zero-order chi connectivity index (χ0) is 12.3. The maximum atomic E-state index is 5.69. The molecule has 0 aliphatic rings. The van der Waals surface area contributed by atoms with E-state index in [2.05, 4.69) is 20.9 Å². The molecular formula is C12H14BrN3O. The molecule has 0 saturated heterocycles. The summed E-state index contributed by atoms with van der Waals surface area (Å²) in [5.41, 5.74) is 6.41. The first-order chi connectivity index (χ1) is 8.20. The van der Waals surface area contributed by atoms with Crippen molar-refractivity contribution in [1.82, 2.24) is 9.55 Å². The molecule has 0 amide bonds. The zero-order valence-corrected chi connectivity index (χ0v) is 11.1. The molecule has 2 aromatic rings. The van der Waals surface area contributed by atoms with Crippen LogP contribution in [0.15, 0.2) is 34.9 Å². The smallest absolute Gasteiger partial charge is 0.146 e. The van der Waals surface area contributed by atoms with Crippen LogP contribution in [0.2, 0.25) is 0 Å². The van der Waals surface area contributed by atoms with Gasteiger partial charge < -0.3 is 15.0 Å². The first-order valence-electron chi connectivity index (χ1n) is 5.29. The minimum absolute atomic E-state index is 0.430. The molecule has 5 heteroatoms. The average molecular weight is 296 g/mol. The van der Waals surface area contributed by atoms with Crippen molar-refractivity contribution in [1.29, 1.82) is 0 Å². The Balaban J connectivity index is 2.07. The molecule has 90 valence electrons. The number of hydrogen-bond donors (Lipinski definition) is 1. The van der Waals surface area contributed by atoms with E-state index >= 15 is 0 Å². The average Bonchev–Trinajstić information content (AvgIpc) is 2.69. The fourth-order valence-corrected chi connectivity index (χ4v) is 1.91. The summed E-state index contributed by atoms with van der Waals surface area (Å²) in [6.07, 6.45) is 1.92. The maximum absolute atomic E-state index is 5.69. The van der Waals surface area contributed by atoms with Crippen LogP contribution in [0.5, 0.6) is 5.75 Å². The van der Waals surface area contributed by atoms with Crippen molar-refractivity contribution >= 4 is 15.9 Å². The normalized spacial score (nSPS) is 10.5. The predicted octanol–water partition coefficient (Wildman–Crippen LogP) is 2.22. The second-order valence-electron chi connectivity index (χ2n) is 3.68. The lowest BCUT2D eigenvalue weighted by Gasteiger charge is -2.07. The van der Waals surface area contributed by atoms with Gasteiger partial charge in [0.25, 0.3) is 0 Å². The van der Waals surface area contributed by atoms with E-state index in [1.807, 2.05) is 42.1 Å². The van der Waals surface area contributed by atoms with Crippen molar-refractivity contribution in [3.05, 3.63) is 46.5 Å². The summed E-state index contributed by atoms with van der Waals surface area (Å²) in [6.45, 7) is 0.877. The molecule has 0 radical (unpaired) electrons. The number of aromatic nitrogens is 2. The molecule has 2 N–H and O–H groups in total. The Hall–Kier alpha value is -1.33. The van der Waals surface area contributed by atoms with E-state index in [4.69, 9.17) is 10.5 Å². The van der Waals surface area contributed by atoms with Crippen LogP contribution in [0.3, 0.4) is 0 Å². The van der Waals surface area contributed by atoms with Gasteiger partial charge in [0.05, 0.1) is 10.2 Å². The fraction of sp³-hybridized carbons (Fsp3) is 0.250. The molecule has 0 spiro atoms. The van der Waals surface area contributed by atoms with Crippen molar-refractivity contribution in [3.63, 3.8) is 0 Å². The van der Waals surface area contributed by atoms with E-state index in [1.54, 1.807) is 0 Å². The van der Waals surface area contributed by atoms with Gasteiger partial charge >= 0.3 is 0 Å². The number of halogens is 1. The molecule has 1 aromatic heterocycles. The summed E-state index contributed by atoms with van der Waals surface area (Å²) >= 11 is 3.44. The van der Waals surface area contributed by atoms with Crippen LogP contribution in [-0.4, -0.2) is 9.55 Å². The van der Waals surface area contributed by atoms with Gasteiger partial charge in [-0.15, -0.1) is 0 Å². The summed E-state index contributed by atoms with van der Waals surface area (Å²) in [7, 11) is 1.94. The van der Waals surface area contributed by atoms with Gasteiger partial charge in [0, 0.05) is 19.8 Å². The first-order valence-corrected chi connectivity index (χ1v) is 6.08. The highest BCUT2D eigenvalue weighted by atomic mass is 79.9. The number of ether oxygens (including phenoxy) is 1. The van der Waals surface area contributed by atoms with Crippen LogP contribution < -0.4 is 10.5 Å². The van der Waals surface area contributed by atoms with Crippen LogP contribution in [0.1, 0.15) is 11.5 Å². The van der Waals surface area contributed by atoms with Crippen molar-refractivity contribution in [2.24, 2.45) is 12.8 Å². The lowest BCUT2D eigenvalue weighted by atomic mass is 10.3. The fourth-order valence-electron chi connectivity index (χ4n) is 1.51. The Bertz CT molecular complexity index is 510. The number of hydrogen-bond acceptors (Lipinski definition) is 3. The quantitative estimate of drug-likeness (QED) is 0.941. The first kappa shape index (κ1) is 12.1. The van der Waals surface area contributed by atoms with Gasteiger partial charge in [0.1, 0.15) is 18.2 Å². The van der Waals surface area contributed by atoms with E-state index < -0.39 is 0 Å². The van der Waals surface area contributed by atoms with Crippen molar-refractivity contribution in [2.75, 3.05) is 0 Å². The Kier molecular flexibility index (Phi) is 3.81. The molecule has 0 aliphatic heterocycles. The van der Waals surface area contributed by atoms with E-state index in [0.717, 1.165) is 21.7 Å². The van der Waals surface area contributed by atoms with E-state index in [9.17, 15) is 0 Å². The Labute approximate surface area is 109 Å². The summed E-state index contributed by atoms with van der Waals surface area (Å²) in [6, 6.07) is 7.74. The third-order valence-electron chi connectivity index (χ3n) is 2.43. The van der Waals surface area contributed by atoms with Crippen LogP contribution in [-0.2, 0) is 20.2 Å². The number of para-hydroxylation sites is 1. The summed E-state index contributed by atoms with van der Waals surface area (Å²) < 4.78 is 8.56. The van der Waals surface area contributed by atoms with Gasteiger partial charge in [-0.3, -0.25) is 0 Å². The molecular weight excluding hydrogens is 282 g/mol. The SMILES string of the molecule is Cn1cc(CN)nc1COc1ccccc1Br. The minimum atomic E-state index is 0.430. The Morgan fingerprint density at radius 3 is 2.82 bits per heavy atom. The van der Waals surface area contributed by atoms with Gasteiger partial charge in [0.2, 0.25) is 0 Å². The van der Waals surface area contributed by atoms with E-state index in [0.29, 0.717) is 13.2 Å². The largest absolute Gasteiger partial charge is 0.485 e. The minimum Gasteiger partial charge on any atom is -0.485 e. The lowest BCUT2D eigenvalue weighted by molar-refractivity contribution is 0.290. The van der Waals surface area contributed by atoms with Crippen LogP contribution in [0.25, 0.3) is 0 Å². The molecule has 0 saturated carbocycles. The number of benzene rings is 1. The Morgan fingerprint density at radius 2 is 2.18 bits per heavy atom. The summed E-state index contributed by atoms with van der Waals surface area (Å²) in [4.78, 5) is 4.37. The topological polar surface area (TPSA) is 53.1 Å². The third kappa shape index (κ3) is 2.87. The summed E-state index contributed by atoms with van der Waals surface area (Å²) in [5.74, 6) is 1.67. The second-order valence-corrected chi connectivity index (χ2v) is 4.54. The lowest BCUT2D eigenvalue weighted by Crippen LogP contribution is -2.03. The molecule has 0 fully saturated rings. The maximum Gasteiger partial charge on any atom is 0.146 e. The van der Waals surface area contributed by atoms with E-state index in [1.165, 1.54) is 0 Å².